The van der Waals surface area contributed by atoms with Crippen molar-refractivity contribution in [3.8, 4) is 5.69 Å². The Labute approximate surface area is 116 Å². The Hall–Kier alpha value is -2.62. The lowest BCUT2D eigenvalue weighted by molar-refractivity contribution is 0.0601. The number of imidazole rings is 1. The molecule has 4 heteroatoms. The fourth-order valence-corrected chi connectivity index (χ4v) is 2.24. The third kappa shape index (κ3) is 2.05. The maximum atomic E-state index is 11.5. The second-order valence-electron chi connectivity index (χ2n) is 4.65. The molecule has 0 saturated heterocycles. The number of esters is 1. The Kier molecular flexibility index (Phi) is 2.99. The first-order valence-corrected chi connectivity index (χ1v) is 6.31. The van der Waals surface area contributed by atoms with Crippen molar-refractivity contribution < 1.29 is 9.53 Å². The molecule has 0 aliphatic carbocycles. The number of aromatic nitrogens is 2. The van der Waals surface area contributed by atoms with Crippen molar-refractivity contribution in [2.75, 3.05) is 7.11 Å². The molecule has 4 nitrogen and oxygen atoms in total. The molecule has 0 saturated carbocycles. The van der Waals surface area contributed by atoms with Crippen LogP contribution in [0.5, 0.6) is 0 Å². The molecule has 3 aromatic rings. The summed E-state index contributed by atoms with van der Waals surface area (Å²) < 4.78 is 6.72. The predicted molar refractivity (Wildman–Crippen MR) is 77.1 cm³/mol. The third-order valence-electron chi connectivity index (χ3n) is 3.25. The quantitative estimate of drug-likeness (QED) is 0.669. The smallest absolute Gasteiger partial charge is 0.337 e. The zero-order valence-corrected chi connectivity index (χ0v) is 11.3. The number of hydrogen-bond acceptors (Lipinski definition) is 3. The number of hydrogen-bond donors (Lipinski definition) is 0. The molecular formula is C16H14N2O2. The van der Waals surface area contributed by atoms with Crippen LogP contribution in [0.1, 0.15) is 15.9 Å². The number of carbonyl (C=O) groups excluding carboxylic acids is 1. The molecule has 3 rings (SSSR count). The number of ether oxygens (including phenoxy) is 1. The number of methoxy groups -OCH3 is 1. The first-order valence-electron chi connectivity index (χ1n) is 6.31. The summed E-state index contributed by atoms with van der Waals surface area (Å²) in [6.07, 6.45) is 1.76. The summed E-state index contributed by atoms with van der Waals surface area (Å²) in [5, 5.41) is 0. The van der Waals surface area contributed by atoms with Crippen molar-refractivity contribution >= 4 is 17.0 Å². The maximum Gasteiger partial charge on any atom is 0.337 e. The van der Waals surface area contributed by atoms with Crippen LogP contribution in [0.3, 0.4) is 0 Å². The van der Waals surface area contributed by atoms with Crippen molar-refractivity contribution in [2.24, 2.45) is 0 Å². The van der Waals surface area contributed by atoms with E-state index in [1.165, 1.54) is 12.7 Å². The van der Waals surface area contributed by atoms with E-state index in [-0.39, 0.29) is 5.97 Å². The van der Waals surface area contributed by atoms with Crippen molar-refractivity contribution in [1.82, 2.24) is 9.55 Å². The Balaban J connectivity index is 2.13. The minimum absolute atomic E-state index is 0.350. The van der Waals surface area contributed by atoms with E-state index in [2.05, 4.69) is 24.0 Å². The molecule has 1 heterocycles. The van der Waals surface area contributed by atoms with Crippen LogP contribution in [0.2, 0.25) is 0 Å². The highest BCUT2D eigenvalue weighted by Crippen LogP contribution is 2.20. The average molecular weight is 266 g/mol. The van der Waals surface area contributed by atoms with E-state index >= 15 is 0 Å². The molecule has 20 heavy (non-hydrogen) atoms. The molecule has 2 aromatic carbocycles. The van der Waals surface area contributed by atoms with Gasteiger partial charge in [-0.1, -0.05) is 12.1 Å². The van der Waals surface area contributed by atoms with Gasteiger partial charge in [-0.05, 0) is 42.8 Å². The lowest BCUT2D eigenvalue weighted by Gasteiger charge is -2.05. The summed E-state index contributed by atoms with van der Waals surface area (Å²) in [6, 6.07) is 13.6. The van der Waals surface area contributed by atoms with Crippen molar-refractivity contribution in [2.45, 2.75) is 6.92 Å². The Morgan fingerprint density at radius 3 is 2.80 bits per heavy atom. The molecule has 100 valence electrons. The number of aryl methyl sites for hydroxylation is 1. The van der Waals surface area contributed by atoms with Gasteiger partial charge >= 0.3 is 5.97 Å². The van der Waals surface area contributed by atoms with Gasteiger partial charge in [-0.2, -0.15) is 0 Å². The minimum Gasteiger partial charge on any atom is -0.465 e. The zero-order valence-electron chi connectivity index (χ0n) is 11.3. The van der Waals surface area contributed by atoms with E-state index in [9.17, 15) is 4.79 Å². The molecule has 0 aliphatic heterocycles. The monoisotopic (exact) mass is 266 g/mol. The number of benzene rings is 2. The lowest BCUT2D eigenvalue weighted by Crippen LogP contribution is -2.00. The Morgan fingerprint density at radius 2 is 2.05 bits per heavy atom. The SMILES string of the molecule is COC(=O)c1ccc2c(c1)ncn2-c1cccc(C)c1. The first kappa shape index (κ1) is 12.4. The van der Waals surface area contributed by atoms with Gasteiger partial charge in [0.05, 0.1) is 23.7 Å². The van der Waals surface area contributed by atoms with E-state index in [4.69, 9.17) is 4.74 Å². The van der Waals surface area contributed by atoms with Crippen LogP contribution >= 0.6 is 0 Å². The number of rotatable bonds is 2. The third-order valence-corrected chi connectivity index (χ3v) is 3.25. The van der Waals surface area contributed by atoms with E-state index < -0.39 is 0 Å². The van der Waals surface area contributed by atoms with Crippen molar-refractivity contribution in [1.29, 1.82) is 0 Å². The van der Waals surface area contributed by atoms with Crippen LogP contribution in [-0.2, 0) is 4.74 Å². The van der Waals surface area contributed by atoms with Crippen LogP contribution in [0.4, 0.5) is 0 Å². The fraction of sp³-hybridized carbons (Fsp3) is 0.125. The maximum absolute atomic E-state index is 11.5. The molecule has 0 unspecified atom stereocenters. The van der Waals surface area contributed by atoms with Crippen molar-refractivity contribution in [3.05, 3.63) is 59.9 Å². The molecule has 1 aromatic heterocycles. The van der Waals surface area contributed by atoms with Gasteiger partial charge in [0.25, 0.3) is 0 Å². The molecule has 0 bridgehead atoms. The van der Waals surface area contributed by atoms with Gasteiger partial charge in [0.15, 0.2) is 0 Å². The lowest BCUT2D eigenvalue weighted by atomic mass is 10.2. The molecular weight excluding hydrogens is 252 g/mol. The standard InChI is InChI=1S/C16H14N2O2/c1-11-4-3-5-13(8-11)18-10-17-14-9-12(16(19)20-2)6-7-15(14)18/h3-10H,1-2H3. The van der Waals surface area contributed by atoms with Gasteiger partial charge in [-0.3, -0.25) is 4.57 Å². The van der Waals surface area contributed by atoms with Crippen LogP contribution < -0.4 is 0 Å². The number of nitrogens with zero attached hydrogens (tertiary/aromatic N) is 2. The highest BCUT2D eigenvalue weighted by atomic mass is 16.5. The largest absolute Gasteiger partial charge is 0.465 e. The second kappa shape index (κ2) is 4.81. The average Bonchev–Trinajstić information content (AvgIpc) is 2.89. The number of fused-ring (bicyclic) bond motifs is 1. The Bertz CT molecular complexity index is 790. The summed E-state index contributed by atoms with van der Waals surface area (Å²) in [7, 11) is 1.37. The summed E-state index contributed by atoms with van der Waals surface area (Å²) >= 11 is 0. The summed E-state index contributed by atoms with van der Waals surface area (Å²) in [5.74, 6) is -0.350. The van der Waals surface area contributed by atoms with Gasteiger partial charge in [0.2, 0.25) is 0 Å². The molecule has 0 fully saturated rings. The Morgan fingerprint density at radius 1 is 1.20 bits per heavy atom. The summed E-state index contributed by atoms with van der Waals surface area (Å²) in [6.45, 7) is 2.05. The number of carbonyl (C=O) groups is 1. The van der Waals surface area contributed by atoms with Gasteiger partial charge in [0.1, 0.15) is 6.33 Å². The second-order valence-corrected chi connectivity index (χ2v) is 4.65. The first-order chi connectivity index (χ1) is 9.69. The predicted octanol–water partition coefficient (Wildman–Crippen LogP) is 3.12. The van der Waals surface area contributed by atoms with E-state index in [1.54, 1.807) is 18.5 Å². The van der Waals surface area contributed by atoms with Gasteiger partial charge < -0.3 is 4.74 Å². The van der Waals surface area contributed by atoms with Crippen LogP contribution in [-0.4, -0.2) is 22.6 Å². The van der Waals surface area contributed by atoms with Crippen LogP contribution in [0.15, 0.2) is 48.8 Å². The van der Waals surface area contributed by atoms with E-state index in [0.717, 1.165) is 16.7 Å². The van der Waals surface area contributed by atoms with Gasteiger partial charge in [-0.25, -0.2) is 9.78 Å². The van der Waals surface area contributed by atoms with Crippen LogP contribution in [0, 0.1) is 6.92 Å². The molecule has 0 radical (unpaired) electrons. The topological polar surface area (TPSA) is 44.1 Å². The van der Waals surface area contributed by atoms with E-state index in [0.29, 0.717) is 5.56 Å². The summed E-state index contributed by atoms with van der Waals surface area (Å²) in [4.78, 5) is 15.9. The molecule has 0 spiro atoms. The highest BCUT2D eigenvalue weighted by molar-refractivity contribution is 5.93. The van der Waals surface area contributed by atoms with Crippen LogP contribution in [0.25, 0.3) is 16.7 Å². The van der Waals surface area contributed by atoms with E-state index in [1.807, 2.05) is 22.8 Å². The molecule has 0 aliphatic rings. The minimum atomic E-state index is -0.350. The molecule has 0 N–H and O–H groups in total. The van der Waals surface area contributed by atoms with Gasteiger partial charge in [0, 0.05) is 5.69 Å². The molecule has 0 amide bonds. The normalized spacial score (nSPS) is 10.7. The van der Waals surface area contributed by atoms with Gasteiger partial charge in [-0.15, -0.1) is 0 Å². The summed E-state index contributed by atoms with van der Waals surface area (Å²) in [5.41, 5.74) is 4.49. The highest BCUT2D eigenvalue weighted by Gasteiger charge is 2.10. The molecule has 0 atom stereocenters. The van der Waals surface area contributed by atoms with Crippen molar-refractivity contribution in [3.63, 3.8) is 0 Å². The zero-order chi connectivity index (χ0) is 14.1. The fourth-order valence-electron chi connectivity index (χ4n) is 2.24.